The van der Waals surface area contributed by atoms with E-state index in [0.717, 1.165) is 4.48 Å². The van der Waals surface area contributed by atoms with E-state index in [1.165, 1.54) is 56.2 Å². The predicted molar refractivity (Wildman–Crippen MR) is 91.4 cm³/mol. The first kappa shape index (κ1) is 21.2. The van der Waals surface area contributed by atoms with E-state index in [4.69, 9.17) is 0 Å². The Balaban J connectivity index is 0. The molecule has 0 radical (unpaired) electrons. The fraction of sp³-hybridized carbons (Fsp3) is 1.00. The van der Waals surface area contributed by atoms with Gasteiger partial charge in [-0.3, -0.25) is 0 Å². The fourth-order valence-corrected chi connectivity index (χ4v) is 2.20. The molecule has 0 aromatic rings. The van der Waals surface area contributed by atoms with E-state index in [1.54, 1.807) is 0 Å². The smallest absolute Gasteiger partial charge is 0.0782 e. The van der Waals surface area contributed by atoms with E-state index < -0.39 is 0 Å². The van der Waals surface area contributed by atoms with Gasteiger partial charge >= 0.3 is 0 Å². The number of halogens is 2. The molecule has 0 unspecified atom stereocenters. The quantitative estimate of drug-likeness (QED) is 0.404. The molecule has 0 spiro atoms. The monoisotopic (exact) mass is 388 g/mol. The first-order chi connectivity index (χ1) is 8.27. The van der Waals surface area contributed by atoms with E-state index >= 15 is 0 Å². The van der Waals surface area contributed by atoms with Crippen LogP contribution in [0.2, 0.25) is 0 Å². The maximum atomic E-state index is 2.75. The van der Waals surface area contributed by atoms with Crippen LogP contribution in [-0.2, 0) is 0 Å². The van der Waals surface area contributed by atoms with Crippen LogP contribution in [0.15, 0.2) is 0 Å². The van der Waals surface area contributed by atoms with Crippen LogP contribution in [0.3, 0.4) is 0 Å². The van der Waals surface area contributed by atoms with Crippen molar-refractivity contribution in [1.29, 1.82) is 0 Å². The second-order valence-corrected chi connectivity index (χ2v) is 6.81. The molecule has 0 aromatic heterocycles. The van der Waals surface area contributed by atoms with Gasteiger partial charge in [0.15, 0.2) is 0 Å². The molecule has 0 saturated heterocycles. The van der Waals surface area contributed by atoms with Crippen LogP contribution >= 0.6 is 28.3 Å². The van der Waals surface area contributed by atoms with Gasteiger partial charge in [0.1, 0.15) is 0 Å². The van der Waals surface area contributed by atoms with Crippen molar-refractivity contribution in [2.24, 2.45) is 0 Å². The number of quaternary nitrogens is 2. The topological polar surface area (TPSA) is 0 Å². The van der Waals surface area contributed by atoms with Gasteiger partial charge < -0.3 is 8.97 Å². The lowest BCUT2D eigenvalue weighted by Gasteiger charge is -2.29. The summed E-state index contributed by atoms with van der Waals surface area (Å²) in [5, 5.41) is 0. The van der Waals surface area contributed by atoms with Gasteiger partial charge in [-0.15, -0.1) is 0 Å². The van der Waals surface area contributed by atoms with Gasteiger partial charge in [-0.1, -0.05) is 6.92 Å². The van der Waals surface area contributed by atoms with Crippen molar-refractivity contribution in [2.45, 2.75) is 39.0 Å². The Bertz CT molecular complexity index is 177. The van der Waals surface area contributed by atoms with Crippen molar-refractivity contribution in [3.8, 4) is 0 Å². The summed E-state index contributed by atoms with van der Waals surface area (Å²) < 4.78 is 2.31. The molecule has 0 heterocycles. The minimum absolute atomic E-state index is 1.11. The van der Waals surface area contributed by atoms with Crippen molar-refractivity contribution in [1.82, 2.24) is 0 Å². The minimum atomic E-state index is 1.11. The Morgan fingerprint density at radius 2 is 1.11 bits per heavy atom. The van der Waals surface area contributed by atoms with Crippen molar-refractivity contribution in [2.75, 3.05) is 54.9 Å². The Kier molecular flexibility index (Phi) is 13.8. The minimum Gasteiger partial charge on any atom is -0.331 e. The number of hydrogen-bond donors (Lipinski definition) is 0. The molecule has 112 valence electrons. The van der Waals surface area contributed by atoms with Crippen LogP contribution in [0.25, 0.3) is 0 Å². The number of unbranched alkanes of at least 4 members (excludes halogenated alkanes) is 3. The van der Waals surface area contributed by atoms with E-state index in [-0.39, 0.29) is 0 Å². The molecule has 0 bridgehead atoms. The summed E-state index contributed by atoms with van der Waals surface area (Å²) in [5.74, 6) is 0. The third-order valence-electron chi connectivity index (χ3n) is 3.17. The van der Waals surface area contributed by atoms with Gasteiger partial charge in [0.05, 0.1) is 54.9 Å². The van der Waals surface area contributed by atoms with Crippen LogP contribution < -0.4 is 0 Å². The van der Waals surface area contributed by atoms with Crippen molar-refractivity contribution >= 4 is 28.3 Å². The molecule has 18 heavy (non-hydrogen) atoms. The third kappa shape index (κ3) is 16.9. The average Bonchev–Trinajstić information content (AvgIpc) is 2.24. The highest BCUT2D eigenvalue weighted by molar-refractivity contribution is 9.93. The summed E-state index contributed by atoms with van der Waals surface area (Å²) in [6, 6.07) is 0. The molecule has 2 nitrogen and oxygen atoms in total. The van der Waals surface area contributed by atoms with Crippen molar-refractivity contribution in [3.63, 3.8) is 0 Å². The largest absolute Gasteiger partial charge is 0.331 e. The molecule has 0 fully saturated rings. The van der Waals surface area contributed by atoms with Gasteiger partial charge in [0.25, 0.3) is 0 Å². The molecule has 0 aromatic carbocycles. The molecule has 0 atom stereocenters. The predicted octanol–water partition coefficient (Wildman–Crippen LogP) is 4.43. The Morgan fingerprint density at radius 3 is 1.50 bits per heavy atom. The van der Waals surface area contributed by atoms with Gasteiger partial charge in [-0.25, -0.2) is 0 Å². The lowest BCUT2D eigenvalue weighted by Crippen LogP contribution is -2.40. The van der Waals surface area contributed by atoms with E-state index in [1.807, 2.05) is 0 Å². The highest BCUT2D eigenvalue weighted by atomic mass is 80.9. The molecule has 4 heteroatoms. The third-order valence-corrected chi connectivity index (χ3v) is 3.17. The summed E-state index contributed by atoms with van der Waals surface area (Å²) in [6.07, 6.45) is 6.89. The van der Waals surface area contributed by atoms with Gasteiger partial charge in [0.2, 0.25) is 0 Å². The Labute approximate surface area is 131 Å². The van der Waals surface area contributed by atoms with E-state index in [0.29, 0.717) is 0 Å². The molecule has 0 N–H and O–H groups in total. The summed E-state index contributed by atoms with van der Waals surface area (Å²) in [7, 11) is 11.6. The van der Waals surface area contributed by atoms with Gasteiger partial charge in [-0.2, -0.15) is 0 Å². The van der Waals surface area contributed by atoms with Gasteiger partial charge in [0, 0.05) is 28.3 Å². The van der Waals surface area contributed by atoms with Crippen LogP contribution in [-0.4, -0.2) is 63.8 Å². The zero-order valence-electron chi connectivity index (χ0n) is 13.3. The van der Waals surface area contributed by atoms with E-state index in [9.17, 15) is 0 Å². The maximum Gasteiger partial charge on any atom is 0.0782 e. The highest BCUT2D eigenvalue weighted by Crippen LogP contribution is 2.07. The second kappa shape index (κ2) is 11.7. The van der Waals surface area contributed by atoms with Crippen LogP contribution in [0.4, 0.5) is 0 Å². The molecule has 0 rings (SSSR count). The Hall–Kier alpha value is 0.880. The van der Waals surface area contributed by atoms with Gasteiger partial charge in [-0.05, 0) is 32.1 Å². The molecule has 0 saturated carbocycles. The first-order valence-electron chi connectivity index (χ1n) is 7.03. The normalized spacial score (nSPS) is 12.0. The fourth-order valence-electron chi connectivity index (χ4n) is 2.20. The van der Waals surface area contributed by atoms with E-state index in [2.05, 4.69) is 70.4 Å². The number of nitrogens with zero attached hydrogens (tertiary/aromatic N) is 2. The molecule has 0 aliphatic carbocycles. The summed E-state index contributed by atoms with van der Waals surface area (Å²) >= 11 is 5.50. The highest BCUT2D eigenvalue weighted by Gasteiger charge is 2.12. The SMILES string of the molecule is BrBr.CCC[N+](C)(C)CCCCCC[N+](C)(C)C. The van der Waals surface area contributed by atoms with Crippen LogP contribution in [0.1, 0.15) is 39.0 Å². The zero-order chi connectivity index (χ0) is 14.7. The summed E-state index contributed by atoms with van der Waals surface area (Å²) in [5.41, 5.74) is 0. The molecule has 0 aliphatic heterocycles. The summed E-state index contributed by atoms with van der Waals surface area (Å²) in [4.78, 5) is 0. The van der Waals surface area contributed by atoms with Crippen LogP contribution in [0.5, 0.6) is 0 Å². The average molecular weight is 390 g/mol. The first-order valence-corrected chi connectivity index (χ1v) is 10.7. The number of rotatable bonds is 9. The van der Waals surface area contributed by atoms with Crippen molar-refractivity contribution < 1.29 is 8.97 Å². The lowest BCUT2D eigenvalue weighted by molar-refractivity contribution is -0.890. The molecular weight excluding hydrogens is 356 g/mol. The second-order valence-electron chi connectivity index (χ2n) is 6.81. The molecule has 0 amide bonds. The zero-order valence-corrected chi connectivity index (χ0v) is 16.5. The van der Waals surface area contributed by atoms with Crippen molar-refractivity contribution in [3.05, 3.63) is 0 Å². The van der Waals surface area contributed by atoms with Crippen LogP contribution in [0, 0.1) is 0 Å². The summed E-state index contributed by atoms with van der Waals surface area (Å²) in [6.45, 7) is 6.26. The molecule has 0 aliphatic rings. The standard InChI is InChI=1S/C14H34N2.Br2/c1-7-12-16(5,6)14-11-9-8-10-13-15(2,3)4;1-2/h7-14H2,1-6H3;/q+2;. The molecular formula is C14H34Br2N2+2. The lowest BCUT2D eigenvalue weighted by atomic mass is 10.1. The number of hydrogen-bond acceptors (Lipinski definition) is 0. The Morgan fingerprint density at radius 1 is 0.667 bits per heavy atom. The maximum absolute atomic E-state index is 2.75.